The Labute approximate surface area is 164 Å². The number of amides is 2. The van der Waals surface area contributed by atoms with E-state index in [-0.39, 0.29) is 18.2 Å². The minimum Gasteiger partial charge on any atom is -0.355 e. The van der Waals surface area contributed by atoms with Gasteiger partial charge in [-0.2, -0.15) is 0 Å². The van der Waals surface area contributed by atoms with Crippen molar-refractivity contribution in [1.29, 1.82) is 0 Å². The van der Waals surface area contributed by atoms with E-state index in [9.17, 15) is 9.59 Å². The van der Waals surface area contributed by atoms with E-state index in [1.165, 1.54) is 0 Å². The number of halogens is 2. The predicted octanol–water partition coefficient (Wildman–Crippen LogP) is 4.09. The van der Waals surface area contributed by atoms with Crippen molar-refractivity contribution < 1.29 is 9.59 Å². The molecule has 0 spiro atoms. The van der Waals surface area contributed by atoms with Gasteiger partial charge in [0, 0.05) is 13.1 Å². The number of nitrogens with one attached hydrogen (secondary N) is 1. The van der Waals surface area contributed by atoms with Crippen molar-refractivity contribution in [2.75, 3.05) is 6.54 Å². The molecule has 4 nitrogen and oxygen atoms in total. The second-order valence-corrected chi connectivity index (χ2v) is 6.82. The molecule has 2 aromatic rings. The minimum atomic E-state index is -0.578. The monoisotopic (exact) mass is 392 g/mol. The van der Waals surface area contributed by atoms with Crippen LogP contribution in [0.25, 0.3) is 0 Å². The van der Waals surface area contributed by atoms with E-state index in [1.807, 2.05) is 37.3 Å². The van der Waals surface area contributed by atoms with Crippen LogP contribution in [-0.4, -0.2) is 29.3 Å². The molecule has 0 aliphatic carbocycles. The molecule has 0 aliphatic rings. The average molecular weight is 393 g/mol. The third-order valence-corrected chi connectivity index (χ3v) is 4.79. The van der Waals surface area contributed by atoms with E-state index in [2.05, 4.69) is 5.32 Å². The molecule has 2 amide bonds. The van der Waals surface area contributed by atoms with Gasteiger partial charge < -0.3 is 10.2 Å². The summed E-state index contributed by atoms with van der Waals surface area (Å²) in [5, 5.41) is 3.63. The molecule has 0 radical (unpaired) electrons. The SMILES string of the molecule is CCNC(=O)C(C)N(Cc1ccccc1)C(=O)Cc1ccc(Cl)c(Cl)c1. The summed E-state index contributed by atoms with van der Waals surface area (Å²) in [7, 11) is 0. The molecule has 6 heteroatoms. The Morgan fingerprint density at radius 3 is 2.35 bits per heavy atom. The van der Waals surface area contributed by atoms with Crippen LogP contribution in [0.3, 0.4) is 0 Å². The van der Waals surface area contributed by atoms with Gasteiger partial charge in [-0.05, 0) is 37.1 Å². The highest BCUT2D eigenvalue weighted by molar-refractivity contribution is 6.42. The van der Waals surface area contributed by atoms with E-state index in [1.54, 1.807) is 30.0 Å². The number of likely N-dealkylation sites (N-methyl/N-ethyl adjacent to an activating group) is 1. The fraction of sp³-hybridized carbons (Fsp3) is 0.300. The fourth-order valence-corrected chi connectivity index (χ4v) is 2.93. The van der Waals surface area contributed by atoms with Crippen molar-refractivity contribution in [2.24, 2.45) is 0 Å². The summed E-state index contributed by atoms with van der Waals surface area (Å²) < 4.78 is 0. The molecule has 0 aliphatic heterocycles. The van der Waals surface area contributed by atoms with Gasteiger partial charge in [-0.1, -0.05) is 59.6 Å². The average Bonchev–Trinajstić information content (AvgIpc) is 2.63. The van der Waals surface area contributed by atoms with Crippen molar-refractivity contribution >= 4 is 35.0 Å². The summed E-state index contributed by atoms with van der Waals surface area (Å²) in [5.74, 6) is -0.322. The van der Waals surface area contributed by atoms with Gasteiger partial charge in [0.2, 0.25) is 11.8 Å². The second kappa shape index (κ2) is 9.60. The molecule has 1 atom stereocenters. The van der Waals surface area contributed by atoms with Crippen LogP contribution < -0.4 is 5.32 Å². The number of hydrogen-bond donors (Lipinski definition) is 1. The first-order valence-corrected chi connectivity index (χ1v) is 9.23. The van der Waals surface area contributed by atoms with Crippen LogP contribution in [0, 0.1) is 0 Å². The van der Waals surface area contributed by atoms with E-state index in [0.29, 0.717) is 23.1 Å². The van der Waals surface area contributed by atoms with Gasteiger partial charge in [0.05, 0.1) is 16.5 Å². The molecule has 2 aromatic carbocycles. The zero-order chi connectivity index (χ0) is 19.1. The molecular weight excluding hydrogens is 371 g/mol. The van der Waals surface area contributed by atoms with Crippen molar-refractivity contribution in [3.8, 4) is 0 Å². The molecule has 0 bridgehead atoms. The summed E-state index contributed by atoms with van der Waals surface area (Å²) >= 11 is 12.0. The van der Waals surface area contributed by atoms with Gasteiger partial charge in [0.15, 0.2) is 0 Å². The van der Waals surface area contributed by atoms with Crippen LogP contribution in [-0.2, 0) is 22.6 Å². The number of carbonyl (C=O) groups excluding carboxylic acids is 2. The highest BCUT2D eigenvalue weighted by Gasteiger charge is 2.25. The second-order valence-electron chi connectivity index (χ2n) is 6.00. The molecule has 0 saturated carbocycles. The Morgan fingerprint density at radius 2 is 1.73 bits per heavy atom. The molecule has 0 fully saturated rings. The quantitative estimate of drug-likeness (QED) is 0.771. The lowest BCUT2D eigenvalue weighted by molar-refractivity contribution is -0.140. The largest absolute Gasteiger partial charge is 0.355 e. The molecule has 138 valence electrons. The van der Waals surface area contributed by atoms with E-state index in [4.69, 9.17) is 23.2 Å². The molecule has 1 unspecified atom stereocenters. The summed E-state index contributed by atoms with van der Waals surface area (Å²) in [4.78, 5) is 26.8. The molecule has 2 rings (SSSR count). The van der Waals surface area contributed by atoms with Crippen molar-refractivity contribution in [3.05, 3.63) is 69.7 Å². The van der Waals surface area contributed by atoms with Crippen LogP contribution in [0.5, 0.6) is 0 Å². The maximum Gasteiger partial charge on any atom is 0.242 e. The number of nitrogens with zero attached hydrogens (tertiary/aromatic N) is 1. The topological polar surface area (TPSA) is 49.4 Å². The van der Waals surface area contributed by atoms with E-state index < -0.39 is 6.04 Å². The van der Waals surface area contributed by atoms with Gasteiger partial charge in [-0.3, -0.25) is 9.59 Å². The smallest absolute Gasteiger partial charge is 0.242 e. The van der Waals surface area contributed by atoms with Crippen LogP contribution in [0.2, 0.25) is 10.0 Å². The summed E-state index contributed by atoms with van der Waals surface area (Å²) in [6.07, 6.45) is 0.146. The summed E-state index contributed by atoms with van der Waals surface area (Å²) in [6, 6.07) is 14.1. The Morgan fingerprint density at radius 1 is 1.04 bits per heavy atom. The van der Waals surface area contributed by atoms with Gasteiger partial charge in [0.1, 0.15) is 6.04 Å². The van der Waals surface area contributed by atoms with Crippen LogP contribution in [0.15, 0.2) is 48.5 Å². The third-order valence-electron chi connectivity index (χ3n) is 4.05. The zero-order valence-corrected chi connectivity index (χ0v) is 16.3. The lowest BCUT2D eigenvalue weighted by Crippen LogP contribution is -2.48. The van der Waals surface area contributed by atoms with Gasteiger partial charge >= 0.3 is 0 Å². The predicted molar refractivity (Wildman–Crippen MR) is 105 cm³/mol. The van der Waals surface area contributed by atoms with Crippen molar-refractivity contribution in [1.82, 2.24) is 10.2 Å². The van der Waals surface area contributed by atoms with Crippen molar-refractivity contribution in [3.63, 3.8) is 0 Å². The summed E-state index contributed by atoms with van der Waals surface area (Å²) in [6.45, 7) is 4.47. The molecule has 26 heavy (non-hydrogen) atoms. The standard InChI is InChI=1S/C20H22Cl2N2O2/c1-3-23-20(26)14(2)24(13-15-7-5-4-6-8-15)19(25)12-16-9-10-17(21)18(22)11-16/h4-11,14H,3,12-13H2,1-2H3,(H,23,26). The Kier molecular flexibility index (Phi) is 7.49. The highest BCUT2D eigenvalue weighted by atomic mass is 35.5. The van der Waals surface area contributed by atoms with Gasteiger partial charge in [-0.25, -0.2) is 0 Å². The summed E-state index contributed by atoms with van der Waals surface area (Å²) in [5.41, 5.74) is 1.72. The van der Waals surface area contributed by atoms with Gasteiger partial charge in [-0.15, -0.1) is 0 Å². The number of carbonyl (C=O) groups is 2. The number of hydrogen-bond acceptors (Lipinski definition) is 2. The first-order valence-electron chi connectivity index (χ1n) is 8.47. The lowest BCUT2D eigenvalue weighted by Gasteiger charge is -2.29. The Balaban J connectivity index is 2.21. The zero-order valence-electron chi connectivity index (χ0n) is 14.8. The maximum atomic E-state index is 12.9. The normalized spacial score (nSPS) is 11.7. The number of rotatable bonds is 7. The first-order chi connectivity index (χ1) is 12.4. The van der Waals surface area contributed by atoms with Gasteiger partial charge in [0.25, 0.3) is 0 Å². The third kappa shape index (κ3) is 5.48. The van der Waals surface area contributed by atoms with E-state index >= 15 is 0 Å². The highest BCUT2D eigenvalue weighted by Crippen LogP contribution is 2.23. The maximum absolute atomic E-state index is 12.9. The van der Waals surface area contributed by atoms with Crippen LogP contribution in [0.1, 0.15) is 25.0 Å². The Hall–Kier alpha value is -2.04. The first kappa shape index (κ1) is 20.3. The lowest BCUT2D eigenvalue weighted by atomic mass is 10.1. The van der Waals surface area contributed by atoms with Crippen molar-refractivity contribution in [2.45, 2.75) is 32.9 Å². The van der Waals surface area contributed by atoms with E-state index in [0.717, 1.165) is 11.1 Å². The molecule has 0 heterocycles. The van der Waals surface area contributed by atoms with Crippen LogP contribution >= 0.6 is 23.2 Å². The Bertz CT molecular complexity index is 766. The molecule has 0 saturated heterocycles. The number of benzene rings is 2. The fourth-order valence-electron chi connectivity index (χ4n) is 2.61. The molecule has 1 N–H and O–H groups in total. The molecule has 0 aromatic heterocycles. The van der Waals surface area contributed by atoms with Crippen LogP contribution in [0.4, 0.5) is 0 Å². The minimum absolute atomic E-state index is 0.146. The molecular formula is C20H22Cl2N2O2.